The van der Waals surface area contributed by atoms with Gasteiger partial charge >= 0.3 is 0 Å². The van der Waals surface area contributed by atoms with Crippen LogP contribution < -0.4 is 4.90 Å². The van der Waals surface area contributed by atoms with Crippen molar-refractivity contribution in [3.63, 3.8) is 0 Å². The van der Waals surface area contributed by atoms with Gasteiger partial charge in [-0.25, -0.2) is 0 Å². The molecule has 0 N–H and O–H groups in total. The lowest BCUT2D eigenvalue weighted by atomic mass is 9.91. The maximum absolute atomic E-state index is 2.38. The molecule has 0 aliphatic carbocycles. The Morgan fingerprint density at radius 3 is 1.43 bits per heavy atom. The van der Waals surface area contributed by atoms with Gasteiger partial charge in [-0.3, -0.25) is 0 Å². The molecule has 11 aromatic rings. The number of fused-ring (bicyclic) bond motifs is 3. The molecular weight excluding hydrogens is 735 g/mol. The van der Waals surface area contributed by atoms with Gasteiger partial charge in [-0.05, 0) is 136 Å². The number of anilines is 3. The van der Waals surface area contributed by atoms with E-state index in [1.165, 1.54) is 88.0 Å². The largest absolute Gasteiger partial charge is 0.310 e. The molecule has 1 nitrogen and oxygen atoms in total. The zero-order chi connectivity index (χ0) is 40.5. The minimum Gasteiger partial charge on any atom is -0.310 e. The van der Waals surface area contributed by atoms with Crippen LogP contribution in [0.25, 0.3) is 88.0 Å². The van der Waals surface area contributed by atoms with Crippen LogP contribution in [0.2, 0.25) is 0 Å². The fourth-order valence-corrected chi connectivity index (χ4v) is 9.02. The lowest BCUT2D eigenvalue weighted by Crippen LogP contribution is -2.10. The van der Waals surface area contributed by atoms with E-state index in [4.69, 9.17) is 0 Å². The predicted molar refractivity (Wildman–Crippen MR) is 261 cm³/mol. The quantitative estimate of drug-likeness (QED) is 0.149. The Labute approximate surface area is 357 Å². The second-order valence-corrected chi connectivity index (χ2v) is 15.7. The maximum atomic E-state index is 2.38. The van der Waals surface area contributed by atoms with Crippen molar-refractivity contribution in [2.45, 2.75) is 0 Å². The third-order valence-electron chi connectivity index (χ3n) is 12.0. The van der Waals surface area contributed by atoms with E-state index in [1.54, 1.807) is 0 Å². The van der Waals surface area contributed by atoms with Crippen LogP contribution in [-0.4, -0.2) is 0 Å². The molecule has 0 fully saturated rings. The molecule has 286 valence electrons. The van der Waals surface area contributed by atoms with Crippen LogP contribution in [0.1, 0.15) is 0 Å². The highest BCUT2D eigenvalue weighted by atomic mass is 15.1. The number of hydrogen-bond donors (Lipinski definition) is 0. The Morgan fingerprint density at radius 1 is 0.213 bits per heavy atom. The molecule has 0 radical (unpaired) electrons. The van der Waals surface area contributed by atoms with E-state index in [0.29, 0.717) is 0 Å². The topological polar surface area (TPSA) is 3.24 Å². The van der Waals surface area contributed by atoms with Gasteiger partial charge in [0.05, 0.1) is 0 Å². The SMILES string of the molecule is c1ccc(-c2cccc3cccc(-c4ccc(N(c5ccc(-c6cccc(-c7ccc8ccccc8c7)c6)cc5)c5cccc(-c6cccc7ccccc67)c5)cc4)c23)cc1. The highest BCUT2D eigenvalue weighted by Gasteiger charge is 2.17. The van der Waals surface area contributed by atoms with Crippen LogP contribution in [-0.2, 0) is 0 Å². The van der Waals surface area contributed by atoms with Gasteiger partial charge in [-0.1, -0.05) is 200 Å². The molecule has 0 unspecified atom stereocenters. The molecule has 0 saturated heterocycles. The highest BCUT2D eigenvalue weighted by molar-refractivity contribution is 6.06. The first-order valence-electron chi connectivity index (χ1n) is 21.0. The number of rotatable bonds is 8. The van der Waals surface area contributed by atoms with Gasteiger partial charge in [0.1, 0.15) is 0 Å². The third kappa shape index (κ3) is 6.93. The van der Waals surface area contributed by atoms with Gasteiger partial charge in [-0.2, -0.15) is 0 Å². The first-order chi connectivity index (χ1) is 30.2. The summed E-state index contributed by atoms with van der Waals surface area (Å²) in [6.07, 6.45) is 0. The maximum Gasteiger partial charge on any atom is 0.0467 e. The summed E-state index contributed by atoms with van der Waals surface area (Å²) in [5.74, 6) is 0. The van der Waals surface area contributed by atoms with Crippen molar-refractivity contribution in [1.82, 2.24) is 0 Å². The summed E-state index contributed by atoms with van der Waals surface area (Å²) >= 11 is 0. The van der Waals surface area contributed by atoms with E-state index in [1.807, 2.05) is 0 Å². The normalized spacial score (nSPS) is 11.3. The van der Waals surface area contributed by atoms with E-state index in [0.717, 1.165) is 17.1 Å². The second-order valence-electron chi connectivity index (χ2n) is 15.7. The van der Waals surface area contributed by atoms with Crippen LogP contribution in [0.3, 0.4) is 0 Å². The fraction of sp³-hybridized carbons (Fsp3) is 0. The average molecular weight is 776 g/mol. The Balaban J connectivity index is 0.998. The van der Waals surface area contributed by atoms with Crippen molar-refractivity contribution >= 4 is 49.4 Å². The van der Waals surface area contributed by atoms with Crippen molar-refractivity contribution < 1.29 is 0 Å². The summed E-state index contributed by atoms with van der Waals surface area (Å²) in [6.45, 7) is 0. The molecule has 61 heavy (non-hydrogen) atoms. The van der Waals surface area contributed by atoms with Gasteiger partial charge in [0, 0.05) is 17.1 Å². The first kappa shape index (κ1) is 36.1. The molecule has 0 spiro atoms. The van der Waals surface area contributed by atoms with Crippen molar-refractivity contribution in [2.75, 3.05) is 4.90 Å². The van der Waals surface area contributed by atoms with Crippen LogP contribution in [0.4, 0.5) is 17.1 Å². The van der Waals surface area contributed by atoms with Gasteiger partial charge in [-0.15, -0.1) is 0 Å². The van der Waals surface area contributed by atoms with Crippen LogP contribution in [0.15, 0.2) is 249 Å². The van der Waals surface area contributed by atoms with Gasteiger partial charge in [0.25, 0.3) is 0 Å². The van der Waals surface area contributed by atoms with Crippen molar-refractivity contribution in [2.24, 2.45) is 0 Å². The van der Waals surface area contributed by atoms with E-state index in [-0.39, 0.29) is 0 Å². The molecule has 0 aliphatic rings. The molecular formula is C60H41N. The molecule has 0 saturated carbocycles. The monoisotopic (exact) mass is 775 g/mol. The standard InChI is InChI=1S/C60H41N/c1-2-14-45(15-3-1)58-27-11-19-47-20-12-28-59(60(47)58)46-33-37-54(38-34-46)61(55-24-9-23-52(41-55)57-26-10-18-44-16-6-7-25-56(44)57)53-35-31-43(32-36-53)49-21-8-22-50(39-49)51-30-29-42-13-4-5-17-48(42)40-51/h1-41H. The third-order valence-corrected chi connectivity index (χ3v) is 12.0. The number of nitrogens with zero attached hydrogens (tertiary/aromatic N) is 1. The predicted octanol–water partition coefficient (Wildman–Crippen LogP) is 17.0. The Morgan fingerprint density at radius 2 is 0.689 bits per heavy atom. The Hall–Kier alpha value is -8.00. The van der Waals surface area contributed by atoms with E-state index in [9.17, 15) is 0 Å². The zero-order valence-electron chi connectivity index (χ0n) is 33.6. The molecule has 0 aliphatic heterocycles. The average Bonchev–Trinajstić information content (AvgIpc) is 3.34. The van der Waals surface area contributed by atoms with Crippen LogP contribution in [0.5, 0.6) is 0 Å². The summed E-state index contributed by atoms with van der Waals surface area (Å²) in [6, 6.07) is 90.4. The fourth-order valence-electron chi connectivity index (χ4n) is 9.02. The minimum atomic E-state index is 1.09. The Bertz CT molecular complexity index is 3330. The number of benzene rings is 11. The molecule has 0 atom stereocenters. The molecule has 1 heteroatoms. The summed E-state index contributed by atoms with van der Waals surface area (Å²) in [4.78, 5) is 2.38. The summed E-state index contributed by atoms with van der Waals surface area (Å²) in [7, 11) is 0. The van der Waals surface area contributed by atoms with Crippen molar-refractivity contribution in [3.05, 3.63) is 249 Å². The van der Waals surface area contributed by atoms with E-state index >= 15 is 0 Å². The smallest absolute Gasteiger partial charge is 0.0467 e. The summed E-state index contributed by atoms with van der Waals surface area (Å²) in [5.41, 5.74) is 15.4. The van der Waals surface area contributed by atoms with Gasteiger partial charge < -0.3 is 4.90 Å². The van der Waals surface area contributed by atoms with Gasteiger partial charge in [0.2, 0.25) is 0 Å². The van der Waals surface area contributed by atoms with E-state index < -0.39 is 0 Å². The molecule has 11 aromatic carbocycles. The Kier molecular flexibility index (Phi) is 9.26. The molecule has 0 aromatic heterocycles. The van der Waals surface area contributed by atoms with Gasteiger partial charge in [0.15, 0.2) is 0 Å². The summed E-state index contributed by atoms with van der Waals surface area (Å²) in [5, 5.41) is 7.49. The van der Waals surface area contributed by atoms with E-state index in [2.05, 4.69) is 254 Å². The van der Waals surface area contributed by atoms with Crippen LogP contribution >= 0.6 is 0 Å². The lowest BCUT2D eigenvalue weighted by Gasteiger charge is -2.26. The molecule has 0 amide bonds. The molecule has 0 heterocycles. The molecule has 0 bridgehead atoms. The van der Waals surface area contributed by atoms with Crippen molar-refractivity contribution in [1.29, 1.82) is 0 Å². The minimum absolute atomic E-state index is 1.09. The zero-order valence-corrected chi connectivity index (χ0v) is 33.6. The van der Waals surface area contributed by atoms with Crippen molar-refractivity contribution in [3.8, 4) is 55.6 Å². The highest BCUT2D eigenvalue weighted by Crippen LogP contribution is 2.42. The first-order valence-corrected chi connectivity index (χ1v) is 21.0. The van der Waals surface area contributed by atoms with Crippen LogP contribution in [0, 0.1) is 0 Å². The molecule has 11 rings (SSSR count). The summed E-state index contributed by atoms with van der Waals surface area (Å²) < 4.78 is 0. The second kappa shape index (κ2) is 15.6. The lowest BCUT2D eigenvalue weighted by molar-refractivity contribution is 1.28. The number of hydrogen-bond acceptors (Lipinski definition) is 1.